The topological polar surface area (TPSA) is 40.5 Å². The van der Waals surface area contributed by atoms with Gasteiger partial charge in [-0.25, -0.2) is 0 Å². The minimum absolute atomic E-state index is 0.0285. The number of nitrogens with zero attached hydrogens (tertiary/aromatic N) is 1. The molecular weight excluding hydrogens is 310 g/mol. The van der Waals surface area contributed by atoms with Crippen LogP contribution in [-0.4, -0.2) is 35.6 Å². The average molecular weight is 346 g/mol. The molecule has 0 aromatic rings. The quantitative estimate of drug-likeness (QED) is 0.551. The monoisotopic (exact) mass is 345 g/mol. The van der Waals surface area contributed by atoms with Crippen molar-refractivity contribution < 1.29 is 9.90 Å². The molecule has 0 heterocycles. The zero-order chi connectivity index (χ0) is 19.0. The molecular formula is C22H35NO2. The summed E-state index contributed by atoms with van der Waals surface area (Å²) in [7, 11) is 0. The van der Waals surface area contributed by atoms with E-state index < -0.39 is 0 Å². The highest BCUT2D eigenvalue weighted by atomic mass is 16.2. The van der Waals surface area contributed by atoms with Crippen LogP contribution in [0.3, 0.4) is 0 Å². The summed E-state index contributed by atoms with van der Waals surface area (Å²) in [6.07, 6.45) is 6.00. The highest BCUT2D eigenvalue weighted by Crippen LogP contribution is 2.48. The van der Waals surface area contributed by atoms with Crippen molar-refractivity contribution in [1.29, 1.82) is 0 Å². The SMILES string of the molecule is CCN(CC)C(=O)C#CC1=C(C(C)C)CC[C@]1(C)CC/C(C)=C/CO. The lowest BCUT2D eigenvalue weighted by atomic mass is 9.77. The summed E-state index contributed by atoms with van der Waals surface area (Å²) in [5, 5.41) is 9.05. The van der Waals surface area contributed by atoms with Crippen molar-refractivity contribution >= 4 is 5.91 Å². The van der Waals surface area contributed by atoms with Crippen LogP contribution in [0.2, 0.25) is 0 Å². The summed E-state index contributed by atoms with van der Waals surface area (Å²) in [4.78, 5) is 14.1. The minimum atomic E-state index is -0.0776. The number of amides is 1. The lowest BCUT2D eigenvalue weighted by Gasteiger charge is -2.26. The molecule has 1 amide bonds. The van der Waals surface area contributed by atoms with Gasteiger partial charge in [0, 0.05) is 30.0 Å². The molecule has 1 N–H and O–H groups in total. The van der Waals surface area contributed by atoms with Crippen LogP contribution in [0.15, 0.2) is 22.8 Å². The van der Waals surface area contributed by atoms with Gasteiger partial charge in [0.25, 0.3) is 5.91 Å². The molecule has 3 heteroatoms. The molecule has 0 fully saturated rings. The largest absolute Gasteiger partial charge is 0.392 e. The standard InChI is InChI=1S/C22H35NO2/c1-7-23(8-2)21(25)10-9-20-19(17(3)4)12-15-22(20,6)14-11-18(5)13-16-24/h13,17,24H,7-8,11-12,14-16H2,1-6H3/b18-13+/t22-/m0/s1. The third kappa shape index (κ3) is 5.75. The molecule has 1 atom stereocenters. The third-order valence-corrected chi connectivity index (χ3v) is 5.42. The van der Waals surface area contributed by atoms with Gasteiger partial charge in [-0.2, -0.15) is 0 Å². The Bertz CT molecular complexity index is 585. The summed E-state index contributed by atoms with van der Waals surface area (Å²) in [5.74, 6) is 6.57. The number of hydrogen-bond acceptors (Lipinski definition) is 2. The molecule has 0 radical (unpaired) electrons. The number of carbonyl (C=O) groups is 1. The second kappa shape index (κ2) is 9.82. The Morgan fingerprint density at radius 1 is 1.36 bits per heavy atom. The van der Waals surface area contributed by atoms with E-state index in [4.69, 9.17) is 5.11 Å². The van der Waals surface area contributed by atoms with Crippen LogP contribution in [0, 0.1) is 23.2 Å². The fourth-order valence-electron chi connectivity index (χ4n) is 3.54. The van der Waals surface area contributed by atoms with Crippen molar-refractivity contribution in [2.24, 2.45) is 11.3 Å². The van der Waals surface area contributed by atoms with E-state index in [1.165, 1.54) is 16.7 Å². The molecule has 140 valence electrons. The van der Waals surface area contributed by atoms with Gasteiger partial charge in [0.15, 0.2) is 0 Å². The van der Waals surface area contributed by atoms with E-state index in [1.807, 2.05) is 19.9 Å². The Morgan fingerprint density at radius 3 is 2.52 bits per heavy atom. The molecule has 0 saturated heterocycles. The molecule has 1 aliphatic rings. The average Bonchev–Trinajstić information content (AvgIpc) is 2.90. The molecule has 0 spiro atoms. The van der Waals surface area contributed by atoms with Crippen LogP contribution in [-0.2, 0) is 4.79 Å². The summed E-state index contributed by atoms with van der Waals surface area (Å²) < 4.78 is 0. The Hall–Kier alpha value is -1.53. The Balaban J connectivity index is 3.08. The molecule has 25 heavy (non-hydrogen) atoms. The normalized spacial score (nSPS) is 20.7. The van der Waals surface area contributed by atoms with Crippen LogP contribution in [0.5, 0.6) is 0 Å². The minimum Gasteiger partial charge on any atom is -0.392 e. The van der Waals surface area contributed by atoms with Gasteiger partial charge in [0.1, 0.15) is 0 Å². The van der Waals surface area contributed by atoms with Crippen LogP contribution < -0.4 is 0 Å². The summed E-state index contributed by atoms with van der Waals surface area (Å²) >= 11 is 0. The number of rotatable bonds is 7. The Kier molecular flexibility index (Phi) is 8.45. The first kappa shape index (κ1) is 21.5. The van der Waals surface area contributed by atoms with Crippen molar-refractivity contribution in [1.82, 2.24) is 4.90 Å². The lowest BCUT2D eigenvalue weighted by molar-refractivity contribution is -0.124. The molecule has 0 aromatic carbocycles. The third-order valence-electron chi connectivity index (χ3n) is 5.42. The molecule has 0 saturated carbocycles. The van der Waals surface area contributed by atoms with E-state index in [-0.39, 0.29) is 17.9 Å². The van der Waals surface area contributed by atoms with E-state index in [0.717, 1.165) is 25.7 Å². The predicted molar refractivity (Wildman–Crippen MR) is 105 cm³/mol. The predicted octanol–water partition coefficient (Wildman–Crippen LogP) is 4.33. The van der Waals surface area contributed by atoms with E-state index in [9.17, 15) is 4.79 Å². The lowest BCUT2D eigenvalue weighted by Crippen LogP contribution is -2.29. The first-order valence-corrected chi connectivity index (χ1v) is 9.60. The smallest absolute Gasteiger partial charge is 0.298 e. The number of aliphatic hydroxyl groups is 1. The van der Waals surface area contributed by atoms with E-state index in [1.54, 1.807) is 4.90 Å². The molecule has 0 aromatic heterocycles. The maximum absolute atomic E-state index is 12.3. The van der Waals surface area contributed by atoms with Gasteiger partial charge in [-0.1, -0.05) is 43.9 Å². The van der Waals surface area contributed by atoms with Crippen molar-refractivity contribution in [3.8, 4) is 11.8 Å². The second-order valence-corrected chi connectivity index (χ2v) is 7.58. The summed E-state index contributed by atoms with van der Waals surface area (Å²) in [5.41, 5.74) is 3.83. The first-order chi connectivity index (χ1) is 11.8. The van der Waals surface area contributed by atoms with Crippen molar-refractivity contribution in [2.45, 2.75) is 67.2 Å². The van der Waals surface area contributed by atoms with Gasteiger partial charge < -0.3 is 10.0 Å². The van der Waals surface area contributed by atoms with Crippen LogP contribution in [0.4, 0.5) is 0 Å². The Morgan fingerprint density at radius 2 is 2.00 bits per heavy atom. The molecule has 1 rings (SSSR count). The molecule has 0 unspecified atom stereocenters. The number of hydrogen-bond donors (Lipinski definition) is 1. The van der Waals surface area contributed by atoms with Crippen molar-refractivity contribution in [2.75, 3.05) is 19.7 Å². The van der Waals surface area contributed by atoms with Crippen molar-refractivity contribution in [3.63, 3.8) is 0 Å². The highest BCUT2D eigenvalue weighted by molar-refractivity contribution is 5.94. The van der Waals surface area contributed by atoms with E-state index >= 15 is 0 Å². The zero-order valence-corrected chi connectivity index (χ0v) is 16.9. The molecule has 0 bridgehead atoms. The zero-order valence-electron chi connectivity index (χ0n) is 16.9. The fourth-order valence-corrected chi connectivity index (χ4v) is 3.54. The molecule has 0 aliphatic heterocycles. The summed E-state index contributed by atoms with van der Waals surface area (Å²) in [6, 6.07) is 0. The summed E-state index contributed by atoms with van der Waals surface area (Å²) in [6.45, 7) is 14.2. The first-order valence-electron chi connectivity index (χ1n) is 9.60. The van der Waals surface area contributed by atoms with E-state index in [0.29, 0.717) is 19.0 Å². The van der Waals surface area contributed by atoms with Gasteiger partial charge in [-0.15, -0.1) is 0 Å². The van der Waals surface area contributed by atoms with Crippen LogP contribution in [0.1, 0.15) is 67.2 Å². The van der Waals surface area contributed by atoms with Crippen molar-refractivity contribution in [3.05, 3.63) is 22.8 Å². The van der Waals surface area contributed by atoms with Gasteiger partial charge >= 0.3 is 0 Å². The number of carbonyl (C=O) groups excluding carboxylic acids is 1. The second-order valence-electron chi connectivity index (χ2n) is 7.58. The number of allylic oxidation sites excluding steroid dienone is 3. The number of aliphatic hydroxyl groups excluding tert-OH is 1. The van der Waals surface area contributed by atoms with Gasteiger partial charge in [-0.05, 0) is 52.4 Å². The fraction of sp³-hybridized carbons (Fsp3) is 0.682. The maximum Gasteiger partial charge on any atom is 0.298 e. The Labute approximate surface area is 154 Å². The molecule has 1 aliphatic carbocycles. The van der Waals surface area contributed by atoms with E-state index in [2.05, 4.69) is 39.5 Å². The van der Waals surface area contributed by atoms with Gasteiger partial charge in [0.05, 0.1) is 6.61 Å². The van der Waals surface area contributed by atoms with Crippen LogP contribution >= 0.6 is 0 Å². The van der Waals surface area contributed by atoms with Crippen LogP contribution in [0.25, 0.3) is 0 Å². The van der Waals surface area contributed by atoms with Gasteiger partial charge in [0.2, 0.25) is 0 Å². The maximum atomic E-state index is 12.3. The van der Waals surface area contributed by atoms with Gasteiger partial charge in [-0.3, -0.25) is 4.79 Å². The highest BCUT2D eigenvalue weighted by Gasteiger charge is 2.36. The molecule has 3 nitrogen and oxygen atoms in total.